The van der Waals surface area contributed by atoms with Gasteiger partial charge in [0.25, 0.3) is 0 Å². The van der Waals surface area contributed by atoms with Crippen molar-refractivity contribution in [2.45, 2.75) is 23.8 Å². The summed E-state index contributed by atoms with van der Waals surface area (Å²) in [6.07, 6.45) is 2.44. The van der Waals surface area contributed by atoms with Gasteiger partial charge < -0.3 is 4.57 Å². The summed E-state index contributed by atoms with van der Waals surface area (Å²) >= 11 is 0. The van der Waals surface area contributed by atoms with E-state index in [4.69, 9.17) is 0 Å². The lowest BCUT2D eigenvalue weighted by molar-refractivity contribution is 0.566. The number of nitrogens with one attached hydrogen (secondary N) is 1. The minimum atomic E-state index is -3.75. The van der Waals surface area contributed by atoms with E-state index in [0.29, 0.717) is 17.6 Å². The minimum absolute atomic E-state index is 0.131. The van der Waals surface area contributed by atoms with Gasteiger partial charge in [0, 0.05) is 23.6 Å². The monoisotopic (exact) mass is 616 g/mol. The predicted molar refractivity (Wildman–Crippen MR) is 175 cm³/mol. The van der Waals surface area contributed by atoms with Crippen LogP contribution in [0.5, 0.6) is 0 Å². The van der Waals surface area contributed by atoms with Crippen molar-refractivity contribution in [3.8, 4) is 0 Å². The summed E-state index contributed by atoms with van der Waals surface area (Å²) in [5.74, 6) is -1.34. The lowest BCUT2D eigenvalue weighted by Gasteiger charge is -2.33. The van der Waals surface area contributed by atoms with E-state index >= 15 is 0 Å². The molecule has 2 heterocycles. The van der Waals surface area contributed by atoms with Crippen LogP contribution in [0.4, 0.5) is 8.78 Å². The van der Waals surface area contributed by atoms with Crippen LogP contribution in [-0.4, -0.2) is 19.5 Å². The molecular weight excluding hydrogens is 586 g/mol. The highest BCUT2D eigenvalue weighted by Gasteiger charge is 2.44. The van der Waals surface area contributed by atoms with Crippen LogP contribution in [0.3, 0.4) is 0 Å². The normalized spacial score (nSPS) is 14.0. The molecule has 1 aliphatic heterocycles. The van der Waals surface area contributed by atoms with Crippen molar-refractivity contribution in [1.82, 2.24) is 9.29 Å². The molecule has 1 aromatic heterocycles. The van der Waals surface area contributed by atoms with E-state index in [1.807, 2.05) is 67.6 Å². The van der Waals surface area contributed by atoms with Crippen molar-refractivity contribution >= 4 is 26.5 Å². The summed E-state index contributed by atoms with van der Waals surface area (Å²) < 4.78 is 60.9. The zero-order valence-electron chi connectivity index (χ0n) is 24.5. The van der Waals surface area contributed by atoms with Crippen molar-refractivity contribution in [3.05, 3.63) is 179 Å². The topological polar surface area (TPSA) is 51.1 Å². The SMILES string of the molecule is Cc1ccc(S(=O)(=O)NCCc2c3n(c4ccccc24)C(c2ccccc2)(c2ccccc2)C=C3c2cc(F)cc(F)c2)cc1. The summed E-state index contributed by atoms with van der Waals surface area (Å²) in [7, 11) is -3.75. The number of aryl methyl sites for hydroxylation is 1. The van der Waals surface area contributed by atoms with E-state index in [-0.39, 0.29) is 11.4 Å². The van der Waals surface area contributed by atoms with Crippen molar-refractivity contribution in [3.63, 3.8) is 0 Å². The fourth-order valence-electron chi connectivity index (χ4n) is 6.57. The number of aromatic nitrogens is 1. The molecule has 0 amide bonds. The summed E-state index contributed by atoms with van der Waals surface area (Å²) in [6, 6.07) is 38.4. The number of rotatable bonds is 8. The molecule has 0 bridgehead atoms. The number of sulfonamides is 1. The molecule has 7 rings (SSSR count). The molecule has 0 saturated carbocycles. The first-order valence-corrected chi connectivity index (χ1v) is 16.3. The minimum Gasteiger partial charge on any atom is -0.322 e. The maximum absolute atomic E-state index is 14.8. The molecule has 4 nitrogen and oxygen atoms in total. The molecule has 5 aromatic carbocycles. The van der Waals surface area contributed by atoms with E-state index in [9.17, 15) is 17.2 Å². The van der Waals surface area contributed by atoms with Gasteiger partial charge in [0.1, 0.15) is 17.2 Å². The molecular formula is C38H30F2N2O2S. The fourth-order valence-corrected chi connectivity index (χ4v) is 7.60. The molecule has 0 radical (unpaired) electrons. The molecule has 1 N–H and O–H groups in total. The van der Waals surface area contributed by atoms with E-state index in [2.05, 4.69) is 39.6 Å². The van der Waals surface area contributed by atoms with Crippen LogP contribution in [0.1, 0.15) is 33.5 Å². The number of hydrogen-bond acceptors (Lipinski definition) is 2. The van der Waals surface area contributed by atoms with Crippen LogP contribution in [0.15, 0.2) is 138 Å². The van der Waals surface area contributed by atoms with Gasteiger partial charge in [0.2, 0.25) is 10.0 Å². The Morgan fingerprint density at radius 1 is 0.733 bits per heavy atom. The summed E-state index contributed by atoms with van der Waals surface area (Å²) in [5, 5.41) is 0.945. The second kappa shape index (κ2) is 11.3. The maximum atomic E-state index is 14.8. The van der Waals surface area contributed by atoms with E-state index in [1.165, 1.54) is 12.1 Å². The smallest absolute Gasteiger partial charge is 0.240 e. The van der Waals surface area contributed by atoms with E-state index in [0.717, 1.165) is 44.9 Å². The maximum Gasteiger partial charge on any atom is 0.240 e. The number of nitrogens with zero attached hydrogens (tertiary/aromatic N) is 1. The Bertz CT molecular complexity index is 2110. The average molecular weight is 617 g/mol. The van der Waals surface area contributed by atoms with Gasteiger partial charge >= 0.3 is 0 Å². The highest BCUT2D eigenvalue weighted by molar-refractivity contribution is 7.89. The molecule has 0 atom stereocenters. The molecule has 0 saturated heterocycles. The Balaban J connectivity index is 1.46. The van der Waals surface area contributed by atoms with Crippen molar-refractivity contribution in [1.29, 1.82) is 0 Å². The van der Waals surface area contributed by atoms with Crippen LogP contribution in [0.2, 0.25) is 0 Å². The lowest BCUT2D eigenvalue weighted by Crippen LogP contribution is -2.32. The molecule has 0 spiro atoms. The van der Waals surface area contributed by atoms with Crippen LogP contribution in [0.25, 0.3) is 16.5 Å². The Morgan fingerprint density at radius 3 is 1.93 bits per heavy atom. The number of halogens is 2. The number of benzene rings is 5. The zero-order chi connectivity index (χ0) is 31.2. The summed E-state index contributed by atoms with van der Waals surface area (Å²) in [4.78, 5) is 0.197. The van der Waals surface area contributed by atoms with Crippen molar-refractivity contribution < 1.29 is 17.2 Å². The third-order valence-electron chi connectivity index (χ3n) is 8.54. The Kier molecular flexibility index (Phi) is 7.23. The fraction of sp³-hybridized carbons (Fsp3) is 0.105. The largest absolute Gasteiger partial charge is 0.322 e. The molecule has 224 valence electrons. The van der Waals surface area contributed by atoms with Gasteiger partial charge in [0.05, 0.1) is 16.1 Å². The molecule has 6 aromatic rings. The number of para-hydroxylation sites is 1. The van der Waals surface area contributed by atoms with Gasteiger partial charge in [-0.1, -0.05) is 96.6 Å². The first-order valence-electron chi connectivity index (χ1n) is 14.8. The van der Waals surface area contributed by atoms with E-state index < -0.39 is 27.2 Å². The molecule has 1 aliphatic rings. The summed E-state index contributed by atoms with van der Waals surface area (Å²) in [6.45, 7) is 2.04. The molecule has 45 heavy (non-hydrogen) atoms. The van der Waals surface area contributed by atoms with Crippen LogP contribution >= 0.6 is 0 Å². The molecule has 0 fully saturated rings. The number of hydrogen-bond donors (Lipinski definition) is 1. The summed E-state index contributed by atoms with van der Waals surface area (Å²) in [5.41, 5.74) is 5.78. The van der Waals surface area contributed by atoms with Gasteiger partial charge in [-0.05, 0) is 72.0 Å². The Labute approximate surface area is 261 Å². The van der Waals surface area contributed by atoms with Crippen LogP contribution in [-0.2, 0) is 22.0 Å². The van der Waals surface area contributed by atoms with Gasteiger partial charge in [-0.3, -0.25) is 0 Å². The molecule has 7 heteroatoms. The zero-order valence-corrected chi connectivity index (χ0v) is 25.4. The quantitative estimate of drug-likeness (QED) is 0.189. The first-order chi connectivity index (χ1) is 21.8. The molecule has 0 unspecified atom stereocenters. The highest BCUT2D eigenvalue weighted by Crippen LogP contribution is 2.51. The third-order valence-corrected chi connectivity index (χ3v) is 10.0. The Hall–Kier alpha value is -4.85. The number of fused-ring (bicyclic) bond motifs is 3. The molecule has 0 aliphatic carbocycles. The van der Waals surface area contributed by atoms with Crippen molar-refractivity contribution in [2.75, 3.05) is 6.54 Å². The second-order valence-corrected chi connectivity index (χ2v) is 13.1. The van der Waals surface area contributed by atoms with Gasteiger partial charge in [-0.2, -0.15) is 0 Å². The first kappa shape index (κ1) is 28.9. The van der Waals surface area contributed by atoms with Crippen LogP contribution in [0, 0.1) is 18.6 Å². The number of allylic oxidation sites excluding steroid dienone is 1. The van der Waals surface area contributed by atoms with Gasteiger partial charge in [-0.25, -0.2) is 21.9 Å². The van der Waals surface area contributed by atoms with Crippen LogP contribution < -0.4 is 4.72 Å². The van der Waals surface area contributed by atoms with Crippen molar-refractivity contribution in [2.24, 2.45) is 0 Å². The third kappa shape index (κ3) is 4.98. The van der Waals surface area contributed by atoms with Gasteiger partial charge in [-0.15, -0.1) is 0 Å². The standard InChI is InChI=1S/C38H30F2N2O2S/c1-26-16-18-32(19-17-26)45(43,44)41-21-20-34-33-14-8-9-15-36(33)42-37(34)35(27-22-30(39)24-31(40)23-27)25-38(42,28-10-4-2-5-11-28)29-12-6-3-7-13-29/h2-19,22-25,41H,20-21H2,1H3. The lowest BCUT2D eigenvalue weighted by atomic mass is 9.82. The second-order valence-electron chi connectivity index (χ2n) is 11.4. The van der Waals surface area contributed by atoms with E-state index in [1.54, 1.807) is 24.3 Å². The Morgan fingerprint density at radius 2 is 1.31 bits per heavy atom. The average Bonchev–Trinajstić information content (AvgIpc) is 3.56. The highest BCUT2D eigenvalue weighted by atomic mass is 32.2. The van der Waals surface area contributed by atoms with Gasteiger partial charge in [0.15, 0.2) is 0 Å². The predicted octanol–water partition coefficient (Wildman–Crippen LogP) is 7.99.